The molecule has 2 heterocycles. The molecule has 0 atom stereocenters. The quantitative estimate of drug-likeness (QED) is 0.599. The molecule has 1 saturated heterocycles. The Morgan fingerprint density at radius 3 is 2.64 bits per heavy atom. The summed E-state index contributed by atoms with van der Waals surface area (Å²) in [5.74, 6) is 0.459. The lowest BCUT2D eigenvalue weighted by Crippen LogP contribution is -2.33. The number of ether oxygens (including phenoxy) is 1. The summed E-state index contributed by atoms with van der Waals surface area (Å²) >= 11 is 0. The summed E-state index contributed by atoms with van der Waals surface area (Å²) in [6.45, 7) is 3.70. The van der Waals surface area contributed by atoms with Gasteiger partial charge in [0.2, 0.25) is 5.88 Å². The van der Waals surface area contributed by atoms with Crippen molar-refractivity contribution in [2.45, 2.75) is 57.4 Å². The highest BCUT2D eigenvalue weighted by atomic mass is 16.6. The van der Waals surface area contributed by atoms with Crippen molar-refractivity contribution < 1.29 is 9.66 Å². The minimum atomic E-state index is -0.379. The van der Waals surface area contributed by atoms with Gasteiger partial charge in [-0.05, 0) is 38.8 Å². The van der Waals surface area contributed by atoms with Gasteiger partial charge < -0.3 is 10.1 Å². The summed E-state index contributed by atoms with van der Waals surface area (Å²) in [5.41, 5.74) is 0.550. The fourth-order valence-electron chi connectivity index (χ4n) is 3.70. The average Bonchev–Trinajstić information content (AvgIpc) is 2.63. The Bertz CT molecular complexity index is 569. The van der Waals surface area contributed by atoms with E-state index in [0.717, 1.165) is 32.5 Å². The molecule has 2 aliphatic rings. The van der Waals surface area contributed by atoms with Crippen LogP contribution in [0.4, 0.5) is 11.4 Å². The van der Waals surface area contributed by atoms with Gasteiger partial charge in [-0.1, -0.05) is 25.7 Å². The molecular formula is C18H28N4O3. The maximum atomic E-state index is 11.3. The van der Waals surface area contributed by atoms with Crippen LogP contribution in [-0.4, -0.2) is 47.1 Å². The lowest BCUT2D eigenvalue weighted by atomic mass is 9.95. The van der Waals surface area contributed by atoms with Crippen molar-refractivity contribution in [3.05, 3.63) is 22.4 Å². The molecule has 25 heavy (non-hydrogen) atoms. The molecule has 1 aliphatic heterocycles. The summed E-state index contributed by atoms with van der Waals surface area (Å²) in [6.07, 6.45) is 10.9. The van der Waals surface area contributed by atoms with Crippen LogP contribution in [0.25, 0.3) is 0 Å². The van der Waals surface area contributed by atoms with E-state index < -0.39 is 0 Å². The lowest BCUT2D eigenvalue weighted by Gasteiger charge is -2.26. The van der Waals surface area contributed by atoms with Crippen LogP contribution >= 0.6 is 0 Å². The monoisotopic (exact) mass is 348 g/mol. The van der Waals surface area contributed by atoms with Crippen molar-refractivity contribution in [2.24, 2.45) is 0 Å². The fourth-order valence-corrected chi connectivity index (χ4v) is 3.70. The molecule has 0 radical (unpaired) electrons. The van der Waals surface area contributed by atoms with E-state index in [1.807, 2.05) is 0 Å². The summed E-state index contributed by atoms with van der Waals surface area (Å²) in [7, 11) is 0. The number of hydrogen-bond donors (Lipinski definition) is 1. The SMILES string of the molecule is O=[N+]([O-])c1cnc(OCCN2CCCCC2)cc1NC1CCCCC1. The first-order chi connectivity index (χ1) is 12.2. The molecule has 0 unspecified atom stereocenters. The second kappa shape index (κ2) is 8.99. The van der Waals surface area contributed by atoms with E-state index in [2.05, 4.69) is 15.2 Å². The molecular weight excluding hydrogens is 320 g/mol. The van der Waals surface area contributed by atoms with Crippen molar-refractivity contribution >= 4 is 11.4 Å². The van der Waals surface area contributed by atoms with Gasteiger partial charge in [-0.25, -0.2) is 4.98 Å². The Morgan fingerprint density at radius 1 is 1.20 bits per heavy atom. The Labute approximate surface area is 148 Å². The van der Waals surface area contributed by atoms with Gasteiger partial charge in [-0.15, -0.1) is 0 Å². The molecule has 0 spiro atoms. The summed E-state index contributed by atoms with van der Waals surface area (Å²) < 4.78 is 5.76. The smallest absolute Gasteiger partial charge is 0.310 e. The molecule has 3 rings (SSSR count). The number of rotatable bonds is 7. The summed E-state index contributed by atoms with van der Waals surface area (Å²) in [4.78, 5) is 17.4. The van der Waals surface area contributed by atoms with Crippen LogP contribution in [0.3, 0.4) is 0 Å². The highest BCUT2D eigenvalue weighted by Gasteiger charge is 2.21. The van der Waals surface area contributed by atoms with Crippen LogP contribution in [0.15, 0.2) is 12.3 Å². The number of likely N-dealkylation sites (tertiary alicyclic amines) is 1. The number of pyridine rings is 1. The van der Waals surface area contributed by atoms with Gasteiger partial charge in [0.05, 0.1) is 4.92 Å². The molecule has 1 saturated carbocycles. The van der Waals surface area contributed by atoms with Gasteiger partial charge in [0.25, 0.3) is 0 Å². The van der Waals surface area contributed by atoms with Crippen molar-refractivity contribution in [3.8, 4) is 5.88 Å². The first-order valence-electron chi connectivity index (χ1n) is 9.48. The number of nitrogens with zero attached hydrogens (tertiary/aromatic N) is 3. The topological polar surface area (TPSA) is 80.5 Å². The van der Waals surface area contributed by atoms with Gasteiger partial charge in [-0.2, -0.15) is 0 Å². The molecule has 1 aromatic rings. The molecule has 1 aliphatic carbocycles. The zero-order valence-electron chi connectivity index (χ0n) is 14.8. The molecule has 0 bridgehead atoms. The maximum absolute atomic E-state index is 11.3. The molecule has 7 heteroatoms. The zero-order valence-corrected chi connectivity index (χ0v) is 14.8. The van der Waals surface area contributed by atoms with E-state index in [1.54, 1.807) is 6.07 Å². The highest BCUT2D eigenvalue weighted by molar-refractivity contribution is 5.62. The molecule has 1 aromatic heterocycles. The van der Waals surface area contributed by atoms with E-state index in [9.17, 15) is 10.1 Å². The van der Waals surface area contributed by atoms with Crippen molar-refractivity contribution in [1.82, 2.24) is 9.88 Å². The standard InChI is InChI=1S/C18H28N4O3/c23-22(24)17-14-19-18(25-12-11-21-9-5-2-6-10-21)13-16(17)20-15-7-3-1-4-8-15/h13-15H,1-12H2,(H,19,20). The molecule has 1 N–H and O–H groups in total. The molecule has 0 amide bonds. The van der Waals surface area contributed by atoms with Gasteiger partial charge in [0, 0.05) is 18.7 Å². The summed E-state index contributed by atoms with van der Waals surface area (Å²) in [6, 6.07) is 1.99. The number of nitro groups is 1. The van der Waals surface area contributed by atoms with E-state index in [0.29, 0.717) is 24.2 Å². The maximum Gasteiger partial charge on any atom is 0.310 e. The minimum Gasteiger partial charge on any atom is -0.476 e. The third-order valence-electron chi connectivity index (χ3n) is 5.13. The van der Waals surface area contributed by atoms with E-state index >= 15 is 0 Å². The van der Waals surface area contributed by atoms with Crippen LogP contribution in [0.5, 0.6) is 5.88 Å². The van der Waals surface area contributed by atoms with Gasteiger partial charge in [0.15, 0.2) is 0 Å². The third kappa shape index (κ3) is 5.29. The van der Waals surface area contributed by atoms with E-state index in [1.165, 1.54) is 44.7 Å². The molecule has 138 valence electrons. The Morgan fingerprint density at radius 2 is 1.92 bits per heavy atom. The number of piperidine rings is 1. The van der Waals surface area contributed by atoms with E-state index in [4.69, 9.17) is 4.74 Å². The summed E-state index contributed by atoms with van der Waals surface area (Å²) in [5, 5.41) is 14.6. The van der Waals surface area contributed by atoms with Crippen molar-refractivity contribution in [1.29, 1.82) is 0 Å². The van der Waals surface area contributed by atoms with Crippen LogP contribution in [0.2, 0.25) is 0 Å². The van der Waals surface area contributed by atoms with Gasteiger partial charge in [-0.3, -0.25) is 15.0 Å². The molecule has 0 aromatic carbocycles. The van der Waals surface area contributed by atoms with Crippen molar-refractivity contribution in [2.75, 3.05) is 31.6 Å². The lowest BCUT2D eigenvalue weighted by molar-refractivity contribution is -0.384. The predicted octanol–water partition coefficient (Wildman–Crippen LogP) is 3.60. The number of anilines is 1. The Hall–Kier alpha value is -1.89. The minimum absolute atomic E-state index is 0.0222. The third-order valence-corrected chi connectivity index (χ3v) is 5.13. The highest BCUT2D eigenvalue weighted by Crippen LogP contribution is 2.30. The number of nitrogens with one attached hydrogen (secondary N) is 1. The normalized spacial score (nSPS) is 19.5. The van der Waals surface area contributed by atoms with Crippen LogP contribution in [0, 0.1) is 10.1 Å². The van der Waals surface area contributed by atoms with Crippen LogP contribution < -0.4 is 10.1 Å². The first-order valence-corrected chi connectivity index (χ1v) is 9.48. The Kier molecular flexibility index (Phi) is 6.44. The average molecular weight is 348 g/mol. The predicted molar refractivity (Wildman–Crippen MR) is 97.2 cm³/mol. The van der Waals surface area contributed by atoms with E-state index in [-0.39, 0.29) is 10.6 Å². The number of hydrogen-bond acceptors (Lipinski definition) is 6. The van der Waals surface area contributed by atoms with Crippen LogP contribution in [0.1, 0.15) is 51.4 Å². The molecule has 7 nitrogen and oxygen atoms in total. The van der Waals surface area contributed by atoms with Gasteiger partial charge in [0.1, 0.15) is 18.5 Å². The number of aromatic nitrogens is 1. The molecule has 2 fully saturated rings. The Balaban J connectivity index is 1.59. The first kappa shape index (κ1) is 17.9. The zero-order chi connectivity index (χ0) is 17.5. The van der Waals surface area contributed by atoms with Crippen molar-refractivity contribution in [3.63, 3.8) is 0 Å². The van der Waals surface area contributed by atoms with Crippen LogP contribution in [-0.2, 0) is 0 Å². The second-order valence-electron chi connectivity index (χ2n) is 7.03. The second-order valence-corrected chi connectivity index (χ2v) is 7.03. The fraction of sp³-hybridized carbons (Fsp3) is 0.722. The van der Waals surface area contributed by atoms with Gasteiger partial charge >= 0.3 is 5.69 Å². The largest absolute Gasteiger partial charge is 0.476 e.